The molecule has 3 nitrogen and oxygen atoms in total. The van der Waals surface area contributed by atoms with Crippen LogP contribution in [0, 0.1) is 5.92 Å². The van der Waals surface area contributed by atoms with E-state index in [1.54, 1.807) is 7.11 Å². The summed E-state index contributed by atoms with van der Waals surface area (Å²) in [5.74, 6) is 0.887. The van der Waals surface area contributed by atoms with Crippen LogP contribution in [0.4, 0.5) is 0 Å². The monoisotopic (exact) mass is 144 g/mol. The smallest absolute Gasteiger partial charge is 0.0575 e. The van der Waals surface area contributed by atoms with Gasteiger partial charge in [-0.05, 0) is 25.4 Å². The number of hydroxylamine groups is 2. The average molecular weight is 144 g/mol. The molecule has 1 aliphatic heterocycles. The zero-order chi connectivity index (χ0) is 7.40. The van der Waals surface area contributed by atoms with E-state index in [0.29, 0.717) is 0 Å². The normalized spacial score (nSPS) is 19.5. The molecule has 0 spiro atoms. The van der Waals surface area contributed by atoms with E-state index in [4.69, 9.17) is 4.84 Å². The topological polar surface area (TPSA) is 24.5 Å². The molecule has 1 aliphatic rings. The van der Waals surface area contributed by atoms with E-state index in [1.165, 1.54) is 19.5 Å². The molecular formula is C7H16N2O. The molecule has 0 atom stereocenters. The first-order chi connectivity index (χ1) is 4.83. The van der Waals surface area contributed by atoms with E-state index < -0.39 is 0 Å². The summed E-state index contributed by atoms with van der Waals surface area (Å²) in [6.45, 7) is 3.43. The largest absolute Gasteiger partial charge is 0.316 e. The molecule has 0 aromatic carbocycles. The zero-order valence-electron chi connectivity index (χ0n) is 6.76. The van der Waals surface area contributed by atoms with E-state index in [9.17, 15) is 0 Å². The number of hydrogen-bond acceptors (Lipinski definition) is 3. The van der Waals surface area contributed by atoms with Gasteiger partial charge in [0.25, 0.3) is 0 Å². The highest BCUT2D eigenvalue weighted by Crippen LogP contribution is 2.07. The van der Waals surface area contributed by atoms with Crippen molar-refractivity contribution in [3.8, 4) is 0 Å². The lowest BCUT2D eigenvalue weighted by Gasteiger charge is -2.28. The fourth-order valence-corrected chi connectivity index (χ4v) is 1.01. The SMILES string of the molecule is CON(C)CCC1CNC1. The molecule has 0 bridgehead atoms. The Balaban J connectivity index is 1.93. The van der Waals surface area contributed by atoms with Gasteiger partial charge in [0.15, 0.2) is 0 Å². The van der Waals surface area contributed by atoms with E-state index in [0.717, 1.165) is 12.5 Å². The first-order valence-electron chi connectivity index (χ1n) is 3.79. The summed E-state index contributed by atoms with van der Waals surface area (Å²) >= 11 is 0. The standard InChI is InChI=1S/C7H16N2O/c1-9(10-2)4-3-7-5-8-6-7/h7-8H,3-6H2,1-2H3. The Morgan fingerprint density at radius 1 is 1.60 bits per heavy atom. The van der Waals surface area contributed by atoms with Crippen molar-refractivity contribution in [3.63, 3.8) is 0 Å². The minimum absolute atomic E-state index is 0.887. The quantitative estimate of drug-likeness (QED) is 0.566. The molecule has 1 heterocycles. The van der Waals surface area contributed by atoms with Gasteiger partial charge in [0.2, 0.25) is 0 Å². The van der Waals surface area contributed by atoms with Gasteiger partial charge in [-0.3, -0.25) is 0 Å². The molecular weight excluding hydrogens is 128 g/mol. The van der Waals surface area contributed by atoms with Gasteiger partial charge in [-0.1, -0.05) is 0 Å². The fraction of sp³-hybridized carbons (Fsp3) is 1.00. The molecule has 60 valence electrons. The Hall–Kier alpha value is -0.120. The van der Waals surface area contributed by atoms with Crippen LogP contribution < -0.4 is 5.32 Å². The summed E-state index contributed by atoms with van der Waals surface area (Å²) in [7, 11) is 3.67. The molecule has 10 heavy (non-hydrogen) atoms. The lowest BCUT2D eigenvalue weighted by Crippen LogP contribution is -2.43. The Bertz CT molecular complexity index is 88.9. The Morgan fingerprint density at radius 2 is 2.30 bits per heavy atom. The number of hydrogen-bond donors (Lipinski definition) is 1. The third kappa shape index (κ3) is 2.25. The molecule has 1 rings (SSSR count). The van der Waals surface area contributed by atoms with Crippen LogP contribution in [0.15, 0.2) is 0 Å². The van der Waals surface area contributed by atoms with Gasteiger partial charge >= 0.3 is 0 Å². The van der Waals surface area contributed by atoms with Crippen molar-refractivity contribution >= 4 is 0 Å². The summed E-state index contributed by atoms with van der Waals surface area (Å²) in [5, 5.41) is 5.12. The minimum atomic E-state index is 0.887. The maximum Gasteiger partial charge on any atom is 0.0575 e. The van der Waals surface area contributed by atoms with E-state index in [2.05, 4.69) is 5.32 Å². The second kappa shape index (κ2) is 3.91. The summed E-state index contributed by atoms with van der Waals surface area (Å²) in [6.07, 6.45) is 1.25. The van der Waals surface area contributed by atoms with Crippen LogP contribution in [0.1, 0.15) is 6.42 Å². The number of nitrogens with zero attached hydrogens (tertiary/aromatic N) is 1. The van der Waals surface area contributed by atoms with Crippen molar-refractivity contribution in [1.29, 1.82) is 0 Å². The number of rotatable bonds is 4. The maximum atomic E-state index is 4.98. The minimum Gasteiger partial charge on any atom is -0.316 e. The van der Waals surface area contributed by atoms with Crippen molar-refractivity contribution in [3.05, 3.63) is 0 Å². The third-order valence-electron chi connectivity index (χ3n) is 2.03. The summed E-state index contributed by atoms with van der Waals surface area (Å²) in [4.78, 5) is 4.98. The van der Waals surface area contributed by atoms with E-state index in [-0.39, 0.29) is 0 Å². The summed E-state index contributed by atoms with van der Waals surface area (Å²) in [6, 6.07) is 0. The maximum absolute atomic E-state index is 4.98. The van der Waals surface area contributed by atoms with Crippen LogP contribution in [0.25, 0.3) is 0 Å². The summed E-state index contributed by atoms with van der Waals surface area (Å²) in [5.41, 5.74) is 0. The van der Waals surface area contributed by atoms with Gasteiger partial charge in [0.05, 0.1) is 7.11 Å². The molecule has 0 amide bonds. The van der Waals surface area contributed by atoms with Crippen LogP contribution in [-0.4, -0.2) is 38.9 Å². The molecule has 0 aliphatic carbocycles. The van der Waals surface area contributed by atoms with Crippen LogP contribution in [0.3, 0.4) is 0 Å². The van der Waals surface area contributed by atoms with Gasteiger partial charge in [-0.15, -0.1) is 0 Å². The Labute approximate surface area is 62.3 Å². The van der Waals surface area contributed by atoms with E-state index in [1.807, 2.05) is 12.1 Å². The molecule has 0 saturated carbocycles. The van der Waals surface area contributed by atoms with Gasteiger partial charge < -0.3 is 10.2 Å². The van der Waals surface area contributed by atoms with Gasteiger partial charge in [-0.25, -0.2) is 0 Å². The second-order valence-corrected chi connectivity index (χ2v) is 2.85. The van der Waals surface area contributed by atoms with Crippen molar-refractivity contribution in [2.75, 3.05) is 33.8 Å². The average Bonchev–Trinajstić information content (AvgIpc) is 1.84. The lowest BCUT2D eigenvalue weighted by atomic mass is 10.00. The third-order valence-corrected chi connectivity index (χ3v) is 2.03. The molecule has 1 fully saturated rings. The van der Waals surface area contributed by atoms with Crippen molar-refractivity contribution in [2.45, 2.75) is 6.42 Å². The van der Waals surface area contributed by atoms with Crippen LogP contribution in [-0.2, 0) is 4.84 Å². The predicted octanol–water partition coefficient (Wildman–Crippen LogP) is 0.0891. The first-order valence-corrected chi connectivity index (χ1v) is 3.79. The number of nitrogens with one attached hydrogen (secondary N) is 1. The van der Waals surface area contributed by atoms with Crippen molar-refractivity contribution in [1.82, 2.24) is 10.4 Å². The Kier molecular flexibility index (Phi) is 3.12. The van der Waals surface area contributed by atoms with Crippen LogP contribution >= 0.6 is 0 Å². The van der Waals surface area contributed by atoms with Gasteiger partial charge in [0, 0.05) is 13.6 Å². The van der Waals surface area contributed by atoms with Crippen molar-refractivity contribution in [2.24, 2.45) is 5.92 Å². The molecule has 1 saturated heterocycles. The van der Waals surface area contributed by atoms with Crippen LogP contribution in [0.2, 0.25) is 0 Å². The first kappa shape index (κ1) is 7.98. The molecule has 0 radical (unpaired) electrons. The van der Waals surface area contributed by atoms with Crippen LogP contribution in [0.5, 0.6) is 0 Å². The van der Waals surface area contributed by atoms with E-state index >= 15 is 0 Å². The molecule has 0 unspecified atom stereocenters. The summed E-state index contributed by atoms with van der Waals surface area (Å²) < 4.78 is 0. The highest BCUT2D eigenvalue weighted by molar-refractivity contribution is 4.74. The van der Waals surface area contributed by atoms with Gasteiger partial charge in [0.1, 0.15) is 0 Å². The molecule has 0 aromatic heterocycles. The molecule has 1 N–H and O–H groups in total. The Morgan fingerprint density at radius 3 is 2.70 bits per heavy atom. The predicted molar refractivity (Wildman–Crippen MR) is 40.6 cm³/mol. The zero-order valence-corrected chi connectivity index (χ0v) is 6.76. The fourth-order valence-electron chi connectivity index (χ4n) is 1.01. The highest BCUT2D eigenvalue weighted by Gasteiger charge is 2.16. The van der Waals surface area contributed by atoms with Crippen molar-refractivity contribution < 1.29 is 4.84 Å². The molecule has 3 heteroatoms. The molecule has 0 aromatic rings. The lowest BCUT2D eigenvalue weighted by molar-refractivity contribution is -0.112. The van der Waals surface area contributed by atoms with Gasteiger partial charge in [-0.2, -0.15) is 5.06 Å². The second-order valence-electron chi connectivity index (χ2n) is 2.85. The highest BCUT2D eigenvalue weighted by atomic mass is 16.7.